The van der Waals surface area contributed by atoms with E-state index in [2.05, 4.69) is 15.6 Å². The molecule has 0 saturated heterocycles. The monoisotopic (exact) mass is 373 g/mol. The van der Waals surface area contributed by atoms with E-state index in [4.69, 9.17) is 4.52 Å². The SMILES string of the molecule is Cn1cc(NC(=O)CN2CCc3onc(-c4ccc(F)c(F)c4)c3C2)cn1. The smallest absolute Gasteiger partial charge is 0.238 e. The zero-order valence-corrected chi connectivity index (χ0v) is 14.6. The van der Waals surface area contributed by atoms with E-state index in [0.29, 0.717) is 42.2 Å². The fourth-order valence-corrected chi connectivity index (χ4v) is 3.16. The lowest BCUT2D eigenvalue weighted by Gasteiger charge is -2.25. The van der Waals surface area contributed by atoms with E-state index in [9.17, 15) is 13.6 Å². The number of carbonyl (C=O) groups excluding carboxylic acids is 1. The molecule has 0 unspecified atom stereocenters. The van der Waals surface area contributed by atoms with Crippen molar-refractivity contribution in [2.75, 3.05) is 18.4 Å². The summed E-state index contributed by atoms with van der Waals surface area (Å²) in [6, 6.07) is 3.62. The molecule has 0 spiro atoms. The standard InChI is InChI=1S/C18H17F2N5O2/c1-24-8-12(7-21-24)22-17(26)10-25-5-4-16-13(9-25)18(23-27-16)11-2-3-14(19)15(20)6-11/h2-3,6-8H,4-5,9-10H2,1H3,(H,22,26). The Hall–Kier alpha value is -3.07. The van der Waals surface area contributed by atoms with Crippen molar-refractivity contribution in [3.05, 3.63) is 53.6 Å². The molecule has 9 heteroatoms. The van der Waals surface area contributed by atoms with Crippen molar-refractivity contribution in [3.63, 3.8) is 0 Å². The molecule has 0 saturated carbocycles. The van der Waals surface area contributed by atoms with Gasteiger partial charge < -0.3 is 9.84 Å². The molecular formula is C18H17F2N5O2. The summed E-state index contributed by atoms with van der Waals surface area (Å²) in [5.74, 6) is -1.30. The lowest BCUT2D eigenvalue weighted by atomic mass is 10.0. The van der Waals surface area contributed by atoms with Crippen LogP contribution < -0.4 is 5.32 Å². The molecule has 1 aliphatic heterocycles. The van der Waals surface area contributed by atoms with Crippen LogP contribution in [0.1, 0.15) is 11.3 Å². The number of nitrogens with one attached hydrogen (secondary N) is 1. The Bertz CT molecular complexity index is 998. The zero-order chi connectivity index (χ0) is 19.0. The number of aromatic nitrogens is 3. The molecular weight excluding hydrogens is 356 g/mol. The molecule has 1 amide bonds. The number of anilines is 1. The third kappa shape index (κ3) is 3.59. The highest BCUT2D eigenvalue weighted by Gasteiger charge is 2.26. The molecule has 140 valence electrons. The Kier molecular flexibility index (Phi) is 4.44. The van der Waals surface area contributed by atoms with E-state index >= 15 is 0 Å². The third-order valence-corrected chi connectivity index (χ3v) is 4.46. The van der Waals surface area contributed by atoms with Crippen LogP contribution in [-0.2, 0) is 24.8 Å². The molecule has 1 N–H and O–H groups in total. The number of nitrogens with zero attached hydrogens (tertiary/aromatic N) is 4. The lowest BCUT2D eigenvalue weighted by Crippen LogP contribution is -2.36. The van der Waals surface area contributed by atoms with E-state index in [0.717, 1.165) is 17.7 Å². The summed E-state index contributed by atoms with van der Waals surface area (Å²) in [7, 11) is 1.77. The van der Waals surface area contributed by atoms with Crippen LogP contribution in [0, 0.1) is 11.6 Å². The van der Waals surface area contributed by atoms with Crippen molar-refractivity contribution in [3.8, 4) is 11.3 Å². The number of fused-ring (bicyclic) bond motifs is 1. The number of benzene rings is 1. The average molecular weight is 373 g/mol. The molecule has 3 aromatic rings. The first-order valence-corrected chi connectivity index (χ1v) is 8.43. The first-order chi connectivity index (χ1) is 13.0. The highest BCUT2D eigenvalue weighted by molar-refractivity contribution is 5.92. The Morgan fingerprint density at radius 1 is 1.33 bits per heavy atom. The Balaban J connectivity index is 1.48. The number of aryl methyl sites for hydroxylation is 1. The second-order valence-electron chi connectivity index (χ2n) is 6.47. The van der Waals surface area contributed by atoms with Crippen LogP contribution >= 0.6 is 0 Å². The fraction of sp³-hybridized carbons (Fsp3) is 0.278. The molecule has 2 aromatic heterocycles. The van der Waals surface area contributed by atoms with Crippen molar-refractivity contribution >= 4 is 11.6 Å². The molecule has 27 heavy (non-hydrogen) atoms. The van der Waals surface area contributed by atoms with Crippen LogP contribution in [0.3, 0.4) is 0 Å². The minimum atomic E-state index is -0.937. The maximum Gasteiger partial charge on any atom is 0.238 e. The molecule has 0 radical (unpaired) electrons. The minimum absolute atomic E-state index is 0.155. The number of rotatable bonds is 4. The van der Waals surface area contributed by atoms with E-state index in [-0.39, 0.29) is 12.5 Å². The minimum Gasteiger partial charge on any atom is -0.360 e. The van der Waals surface area contributed by atoms with Crippen LogP contribution in [0.15, 0.2) is 35.1 Å². The average Bonchev–Trinajstić information content (AvgIpc) is 3.23. The molecule has 0 fully saturated rings. The van der Waals surface area contributed by atoms with E-state index in [1.165, 1.54) is 6.07 Å². The lowest BCUT2D eigenvalue weighted by molar-refractivity contribution is -0.117. The van der Waals surface area contributed by atoms with Gasteiger partial charge in [0.25, 0.3) is 0 Å². The number of halogens is 2. The summed E-state index contributed by atoms with van der Waals surface area (Å²) in [5.41, 5.74) is 2.34. The van der Waals surface area contributed by atoms with Gasteiger partial charge in [-0.1, -0.05) is 5.16 Å². The van der Waals surface area contributed by atoms with Crippen molar-refractivity contribution in [2.45, 2.75) is 13.0 Å². The maximum absolute atomic E-state index is 13.6. The van der Waals surface area contributed by atoms with Gasteiger partial charge in [-0.25, -0.2) is 8.78 Å². The van der Waals surface area contributed by atoms with Crippen LogP contribution in [0.25, 0.3) is 11.3 Å². The quantitative estimate of drug-likeness (QED) is 0.760. The Morgan fingerprint density at radius 3 is 2.93 bits per heavy atom. The summed E-state index contributed by atoms with van der Waals surface area (Å²) in [4.78, 5) is 14.2. The molecule has 0 bridgehead atoms. The molecule has 4 rings (SSSR count). The van der Waals surface area contributed by atoms with Crippen LogP contribution in [0.5, 0.6) is 0 Å². The van der Waals surface area contributed by atoms with Crippen LogP contribution in [0.2, 0.25) is 0 Å². The first-order valence-electron chi connectivity index (χ1n) is 8.43. The van der Waals surface area contributed by atoms with Crippen LogP contribution in [-0.4, -0.2) is 38.8 Å². The van der Waals surface area contributed by atoms with E-state index in [1.54, 1.807) is 24.1 Å². The van der Waals surface area contributed by atoms with Crippen LogP contribution in [0.4, 0.5) is 14.5 Å². The van der Waals surface area contributed by atoms with Gasteiger partial charge in [0.05, 0.1) is 18.4 Å². The molecule has 1 aromatic carbocycles. The third-order valence-electron chi connectivity index (χ3n) is 4.46. The van der Waals surface area contributed by atoms with Crippen molar-refractivity contribution in [2.24, 2.45) is 7.05 Å². The summed E-state index contributed by atoms with van der Waals surface area (Å²) in [6.45, 7) is 1.27. The molecule has 3 heterocycles. The van der Waals surface area contributed by atoms with E-state index in [1.807, 2.05) is 4.90 Å². The summed E-state index contributed by atoms with van der Waals surface area (Å²) >= 11 is 0. The van der Waals surface area contributed by atoms with Crippen molar-refractivity contribution in [1.29, 1.82) is 0 Å². The predicted octanol–water partition coefficient (Wildman–Crippen LogP) is 2.35. The topological polar surface area (TPSA) is 76.2 Å². The second kappa shape index (κ2) is 6.92. The van der Waals surface area contributed by atoms with Gasteiger partial charge in [0, 0.05) is 43.9 Å². The van der Waals surface area contributed by atoms with Crippen molar-refractivity contribution < 1.29 is 18.1 Å². The number of hydrogen-bond acceptors (Lipinski definition) is 5. The molecule has 1 aliphatic rings. The normalized spacial score (nSPS) is 14.2. The second-order valence-corrected chi connectivity index (χ2v) is 6.47. The van der Waals surface area contributed by atoms with Gasteiger partial charge in [-0.15, -0.1) is 0 Å². The Morgan fingerprint density at radius 2 is 2.19 bits per heavy atom. The highest BCUT2D eigenvalue weighted by Crippen LogP contribution is 2.30. The van der Waals surface area contributed by atoms with Gasteiger partial charge in [-0.3, -0.25) is 14.4 Å². The fourth-order valence-electron chi connectivity index (χ4n) is 3.16. The molecule has 0 atom stereocenters. The van der Waals surface area contributed by atoms with Gasteiger partial charge in [0.1, 0.15) is 11.5 Å². The van der Waals surface area contributed by atoms with Gasteiger partial charge in [0.15, 0.2) is 11.6 Å². The summed E-state index contributed by atoms with van der Waals surface area (Å²) < 4.78 is 33.7. The highest BCUT2D eigenvalue weighted by atomic mass is 19.2. The molecule has 0 aliphatic carbocycles. The largest absolute Gasteiger partial charge is 0.360 e. The zero-order valence-electron chi connectivity index (χ0n) is 14.6. The summed E-state index contributed by atoms with van der Waals surface area (Å²) in [6.07, 6.45) is 3.88. The predicted molar refractivity (Wildman–Crippen MR) is 92.7 cm³/mol. The first kappa shape index (κ1) is 17.3. The molecule has 7 nitrogen and oxygen atoms in total. The number of carbonyl (C=O) groups is 1. The van der Waals surface area contributed by atoms with Crippen molar-refractivity contribution in [1.82, 2.24) is 19.8 Å². The van der Waals surface area contributed by atoms with Gasteiger partial charge in [0.2, 0.25) is 5.91 Å². The van der Waals surface area contributed by atoms with Gasteiger partial charge in [-0.05, 0) is 18.2 Å². The van der Waals surface area contributed by atoms with Gasteiger partial charge >= 0.3 is 0 Å². The Labute approximate surface area is 153 Å². The maximum atomic E-state index is 13.6. The summed E-state index contributed by atoms with van der Waals surface area (Å²) in [5, 5.41) is 10.8. The number of hydrogen-bond donors (Lipinski definition) is 1. The number of amides is 1. The van der Waals surface area contributed by atoms with E-state index < -0.39 is 11.6 Å². The van der Waals surface area contributed by atoms with Gasteiger partial charge in [-0.2, -0.15) is 5.10 Å².